The number of hydrogen-bond acceptors (Lipinski definition) is 6. The SMILES string of the molecule is CCC(=O)CCCCn1cc(-c2ccc(-c3cn(CCCCC(=O)CC)nn3)cc2)nn1. The molecule has 0 amide bonds. The summed E-state index contributed by atoms with van der Waals surface area (Å²) in [4.78, 5) is 22.8. The van der Waals surface area contributed by atoms with E-state index in [2.05, 4.69) is 20.6 Å². The fourth-order valence-electron chi connectivity index (χ4n) is 3.44. The molecule has 8 heteroatoms. The number of aromatic nitrogens is 6. The Kier molecular flexibility index (Phi) is 8.83. The first kappa shape index (κ1) is 23.5. The number of carbonyl (C=O) groups is 2. The van der Waals surface area contributed by atoms with Crippen molar-refractivity contribution in [2.45, 2.75) is 78.3 Å². The van der Waals surface area contributed by atoms with Gasteiger partial charge in [-0.1, -0.05) is 48.5 Å². The molecule has 0 aliphatic rings. The zero-order valence-corrected chi connectivity index (χ0v) is 19.0. The lowest BCUT2D eigenvalue weighted by atomic mass is 10.1. The Labute approximate surface area is 189 Å². The van der Waals surface area contributed by atoms with Crippen LogP contribution in [-0.4, -0.2) is 41.6 Å². The molecular formula is C24H32N6O2. The smallest absolute Gasteiger partial charge is 0.132 e. The maximum Gasteiger partial charge on any atom is 0.132 e. The molecule has 1 aromatic carbocycles. The van der Waals surface area contributed by atoms with Crippen LogP contribution in [0, 0.1) is 0 Å². The van der Waals surface area contributed by atoms with Gasteiger partial charge in [-0.15, -0.1) is 10.2 Å². The number of Topliss-reactive ketones (excluding diaryl/α,β-unsaturated/α-hetero) is 2. The van der Waals surface area contributed by atoms with Gasteiger partial charge < -0.3 is 0 Å². The monoisotopic (exact) mass is 436 g/mol. The summed E-state index contributed by atoms with van der Waals surface area (Å²) in [6.07, 6.45) is 9.98. The van der Waals surface area contributed by atoms with Gasteiger partial charge in [-0.2, -0.15) is 0 Å². The molecule has 0 unspecified atom stereocenters. The topological polar surface area (TPSA) is 95.6 Å². The Hall–Kier alpha value is -3.16. The van der Waals surface area contributed by atoms with Crippen molar-refractivity contribution in [3.63, 3.8) is 0 Å². The average molecular weight is 437 g/mol. The highest BCUT2D eigenvalue weighted by Gasteiger charge is 2.08. The van der Waals surface area contributed by atoms with E-state index in [9.17, 15) is 9.59 Å². The number of rotatable bonds is 14. The average Bonchev–Trinajstić information content (AvgIpc) is 3.49. The molecular weight excluding hydrogens is 404 g/mol. The lowest BCUT2D eigenvalue weighted by Crippen LogP contribution is -2.01. The van der Waals surface area contributed by atoms with Crippen molar-refractivity contribution < 1.29 is 9.59 Å². The van der Waals surface area contributed by atoms with Gasteiger partial charge in [0.2, 0.25) is 0 Å². The Morgan fingerprint density at radius 1 is 0.688 bits per heavy atom. The van der Waals surface area contributed by atoms with E-state index in [-0.39, 0.29) is 0 Å². The molecule has 0 aliphatic heterocycles. The van der Waals surface area contributed by atoms with Gasteiger partial charge in [0.25, 0.3) is 0 Å². The van der Waals surface area contributed by atoms with E-state index in [4.69, 9.17) is 0 Å². The third-order valence-electron chi connectivity index (χ3n) is 5.53. The maximum absolute atomic E-state index is 11.4. The summed E-state index contributed by atoms with van der Waals surface area (Å²) in [5.41, 5.74) is 3.64. The first-order valence-electron chi connectivity index (χ1n) is 11.5. The summed E-state index contributed by atoms with van der Waals surface area (Å²) in [7, 11) is 0. The van der Waals surface area contributed by atoms with Gasteiger partial charge in [-0.05, 0) is 25.7 Å². The first-order chi connectivity index (χ1) is 15.6. The molecule has 0 saturated heterocycles. The predicted molar refractivity (Wildman–Crippen MR) is 123 cm³/mol. The Morgan fingerprint density at radius 2 is 1.09 bits per heavy atom. The van der Waals surface area contributed by atoms with Gasteiger partial charge >= 0.3 is 0 Å². The highest BCUT2D eigenvalue weighted by Crippen LogP contribution is 2.22. The van der Waals surface area contributed by atoms with Gasteiger partial charge in [0, 0.05) is 49.9 Å². The van der Waals surface area contributed by atoms with Crippen LogP contribution >= 0.6 is 0 Å². The molecule has 0 atom stereocenters. The van der Waals surface area contributed by atoms with Crippen LogP contribution in [0.25, 0.3) is 22.5 Å². The minimum Gasteiger partial charge on any atom is -0.300 e. The third kappa shape index (κ3) is 6.93. The second kappa shape index (κ2) is 12.0. The molecule has 0 spiro atoms. The van der Waals surface area contributed by atoms with Crippen molar-refractivity contribution in [2.24, 2.45) is 0 Å². The molecule has 32 heavy (non-hydrogen) atoms. The van der Waals surface area contributed by atoms with Crippen LogP contribution in [0.15, 0.2) is 36.7 Å². The third-order valence-corrected chi connectivity index (χ3v) is 5.53. The second-order valence-corrected chi connectivity index (χ2v) is 8.01. The molecule has 0 bridgehead atoms. The maximum atomic E-state index is 11.4. The van der Waals surface area contributed by atoms with Crippen LogP contribution in [0.1, 0.15) is 65.2 Å². The molecule has 0 aliphatic carbocycles. The Morgan fingerprint density at radius 3 is 1.47 bits per heavy atom. The van der Waals surface area contributed by atoms with Crippen LogP contribution in [0.2, 0.25) is 0 Å². The van der Waals surface area contributed by atoms with E-state index in [1.54, 1.807) is 0 Å². The van der Waals surface area contributed by atoms with E-state index in [0.29, 0.717) is 37.2 Å². The van der Waals surface area contributed by atoms with Crippen LogP contribution in [0.4, 0.5) is 0 Å². The minimum atomic E-state index is 0.313. The van der Waals surface area contributed by atoms with Crippen molar-refractivity contribution in [1.82, 2.24) is 30.0 Å². The Bertz CT molecular complexity index is 924. The molecule has 3 rings (SSSR count). The van der Waals surface area contributed by atoms with Crippen molar-refractivity contribution in [3.8, 4) is 22.5 Å². The Balaban J connectivity index is 1.50. The van der Waals surface area contributed by atoms with E-state index >= 15 is 0 Å². The van der Waals surface area contributed by atoms with E-state index in [1.807, 2.05) is 59.9 Å². The minimum absolute atomic E-state index is 0.313. The van der Waals surface area contributed by atoms with Crippen LogP contribution in [0.5, 0.6) is 0 Å². The van der Waals surface area contributed by atoms with Crippen LogP contribution < -0.4 is 0 Å². The van der Waals surface area contributed by atoms with E-state index in [1.165, 1.54) is 0 Å². The van der Waals surface area contributed by atoms with Crippen molar-refractivity contribution in [3.05, 3.63) is 36.7 Å². The fraction of sp³-hybridized carbons (Fsp3) is 0.500. The molecule has 0 saturated carbocycles. The number of benzene rings is 1. The van der Waals surface area contributed by atoms with Gasteiger partial charge in [0.1, 0.15) is 23.0 Å². The summed E-state index contributed by atoms with van der Waals surface area (Å²) >= 11 is 0. The summed E-state index contributed by atoms with van der Waals surface area (Å²) in [6.45, 7) is 5.33. The highest BCUT2D eigenvalue weighted by atomic mass is 16.1. The summed E-state index contributed by atoms with van der Waals surface area (Å²) in [6, 6.07) is 8.05. The van der Waals surface area contributed by atoms with Gasteiger partial charge in [0.15, 0.2) is 0 Å². The number of hydrogen-bond donors (Lipinski definition) is 0. The van der Waals surface area contributed by atoms with Crippen molar-refractivity contribution >= 4 is 11.6 Å². The highest BCUT2D eigenvalue weighted by molar-refractivity contribution is 5.78. The van der Waals surface area contributed by atoms with Gasteiger partial charge in [-0.25, -0.2) is 0 Å². The number of ketones is 2. The van der Waals surface area contributed by atoms with Crippen LogP contribution in [-0.2, 0) is 22.7 Å². The summed E-state index contributed by atoms with van der Waals surface area (Å²) in [5, 5.41) is 16.9. The van der Waals surface area contributed by atoms with E-state index in [0.717, 1.165) is 61.3 Å². The number of carbonyl (C=O) groups excluding carboxylic acids is 2. The summed E-state index contributed by atoms with van der Waals surface area (Å²) < 4.78 is 3.67. The first-order valence-corrected chi connectivity index (χ1v) is 11.5. The molecule has 0 fully saturated rings. The van der Waals surface area contributed by atoms with Gasteiger partial charge in [0.05, 0.1) is 12.4 Å². The predicted octanol–water partition coefficient (Wildman–Crippen LogP) is 4.50. The molecule has 8 nitrogen and oxygen atoms in total. The zero-order chi connectivity index (χ0) is 22.8. The normalized spacial score (nSPS) is 11.1. The number of unbranched alkanes of at least 4 members (excludes halogenated alkanes) is 2. The second-order valence-electron chi connectivity index (χ2n) is 8.01. The standard InChI is InChI=1S/C24H32N6O2/c1-3-21(31)9-5-7-15-29-17-23(25-27-29)19-11-13-20(14-12-19)24-18-30(28-26-24)16-8-6-10-22(32)4-2/h11-14,17-18H,3-10,15-16H2,1-2H3. The lowest BCUT2D eigenvalue weighted by molar-refractivity contribution is -0.119. The molecule has 0 radical (unpaired) electrons. The number of aryl methyl sites for hydroxylation is 2. The largest absolute Gasteiger partial charge is 0.300 e. The number of nitrogens with zero attached hydrogens (tertiary/aromatic N) is 6. The fourth-order valence-corrected chi connectivity index (χ4v) is 3.44. The molecule has 170 valence electrons. The quantitative estimate of drug-likeness (QED) is 0.345. The van der Waals surface area contributed by atoms with Gasteiger partial charge in [-0.3, -0.25) is 19.0 Å². The molecule has 2 aromatic heterocycles. The lowest BCUT2D eigenvalue weighted by Gasteiger charge is -2.01. The van der Waals surface area contributed by atoms with Crippen molar-refractivity contribution in [2.75, 3.05) is 0 Å². The zero-order valence-electron chi connectivity index (χ0n) is 19.0. The summed E-state index contributed by atoms with van der Waals surface area (Å²) in [5.74, 6) is 0.626. The molecule has 3 aromatic rings. The molecule has 2 heterocycles. The van der Waals surface area contributed by atoms with Crippen molar-refractivity contribution in [1.29, 1.82) is 0 Å². The van der Waals surface area contributed by atoms with E-state index < -0.39 is 0 Å². The molecule has 0 N–H and O–H groups in total. The van der Waals surface area contributed by atoms with Crippen LogP contribution in [0.3, 0.4) is 0 Å².